The molecule has 2 aliphatic rings. The van der Waals surface area contributed by atoms with Crippen molar-refractivity contribution in [3.05, 3.63) is 255 Å². The highest BCUT2D eigenvalue weighted by atomic mass is 28.4. The van der Waals surface area contributed by atoms with Gasteiger partial charge in [-0.2, -0.15) is 0 Å². The molecule has 10 aromatic carbocycles. The molecule has 0 atom stereocenters. The van der Waals surface area contributed by atoms with Crippen molar-refractivity contribution in [3.8, 4) is 78.3 Å². The second-order valence-electron chi connectivity index (χ2n) is 16.5. The Hall–Kier alpha value is -8.38. The Morgan fingerprint density at radius 3 is 0.846 bits per heavy atom. The average molecular weight is 851 g/mol. The molecule has 0 N–H and O–H groups in total. The molecule has 0 amide bonds. The summed E-state index contributed by atoms with van der Waals surface area (Å²) < 4.78 is 20.3. The van der Waals surface area contributed by atoms with Crippen LogP contribution in [0.15, 0.2) is 255 Å². The Morgan fingerprint density at radius 1 is 0.246 bits per heavy atom. The summed E-state index contributed by atoms with van der Waals surface area (Å²) in [5.41, 5.74) is 17.2. The Balaban J connectivity index is 1.15. The van der Waals surface area contributed by atoms with Gasteiger partial charge in [-0.25, -0.2) is 0 Å². The first kappa shape index (κ1) is 38.3. The largest absolute Gasteiger partial charge is 0.733 e. The summed E-state index contributed by atoms with van der Waals surface area (Å²) >= 11 is 0. The predicted octanol–water partition coefficient (Wildman–Crippen LogP) is 15.9. The van der Waals surface area contributed by atoms with E-state index in [-0.39, 0.29) is 0 Å². The molecular weight excluding hydrogens is 809 g/mol. The highest BCUT2D eigenvalue weighted by Crippen LogP contribution is 2.58. The summed E-state index contributed by atoms with van der Waals surface area (Å²) in [4.78, 5) is 0. The maximum Gasteiger partial charge on any atom is 0.733 e. The van der Waals surface area contributed by atoms with E-state index in [0.29, 0.717) is 0 Å². The summed E-state index contributed by atoms with van der Waals surface area (Å²) in [5, 5.41) is 0. The quantitative estimate of drug-likeness (QED) is 0.142. The van der Waals surface area contributed by atoms with Crippen molar-refractivity contribution in [2.75, 3.05) is 9.13 Å². The molecule has 0 saturated carbocycles. The summed E-state index contributed by atoms with van der Waals surface area (Å²) in [5.74, 6) is 1.54. The van der Waals surface area contributed by atoms with E-state index in [0.717, 1.165) is 101 Å². The number of hydrogen-bond acceptors (Lipinski definition) is 4. The van der Waals surface area contributed by atoms with Gasteiger partial charge in [-0.05, 0) is 115 Å². The van der Waals surface area contributed by atoms with Crippen molar-refractivity contribution in [1.29, 1.82) is 0 Å². The van der Waals surface area contributed by atoms with E-state index in [9.17, 15) is 0 Å². The maximum atomic E-state index is 7.78. The molecule has 0 aromatic heterocycles. The van der Waals surface area contributed by atoms with Gasteiger partial charge in [-0.3, -0.25) is 9.13 Å². The summed E-state index contributed by atoms with van der Waals surface area (Å²) in [7, 11) is -3.90. The fourth-order valence-corrected chi connectivity index (χ4v) is 12.9. The molecule has 12 rings (SSSR count). The Morgan fingerprint density at radius 2 is 0.523 bits per heavy atom. The molecule has 1 spiro atoms. The predicted molar refractivity (Wildman–Crippen MR) is 270 cm³/mol. The number of hydrogen-bond donors (Lipinski definition) is 0. The molecule has 0 fully saturated rings. The molecule has 10 aromatic rings. The zero-order chi connectivity index (χ0) is 43.2. The van der Waals surface area contributed by atoms with Gasteiger partial charge in [0.25, 0.3) is 0 Å². The van der Waals surface area contributed by atoms with Crippen molar-refractivity contribution in [2.24, 2.45) is 0 Å². The van der Waals surface area contributed by atoms with Crippen molar-refractivity contribution in [3.63, 3.8) is 0 Å². The molecule has 0 saturated heterocycles. The van der Waals surface area contributed by atoms with Gasteiger partial charge < -0.3 is 8.85 Å². The first-order valence-corrected chi connectivity index (χ1v) is 23.8. The van der Waals surface area contributed by atoms with Crippen LogP contribution in [0.2, 0.25) is 0 Å². The number of benzene rings is 10. The second kappa shape index (κ2) is 16.1. The maximum absolute atomic E-state index is 7.78. The average Bonchev–Trinajstić information content (AvgIpc) is 3.88. The molecule has 308 valence electrons. The molecule has 65 heavy (non-hydrogen) atoms. The number of rotatable bonds is 8. The highest BCUT2D eigenvalue weighted by molar-refractivity contribution is 6.82. The smallest absolute Gasteiger partial charge is 0.478 e. The molecular formula is C60H42N2O2Si. The zero-order valence-electron chi connectivity index (χ0n) is 35.5. The Kier molecular flexibility index (Phi) is 9.47. The van der Waals surface area contributed by atoms with Crippen LogP contribution in [-0.4, -0.2) is 8.88 Å². The number of fused-ring (bicyclic) bond motifs is 2. The minimum absolute atomic E-state index is 0.768. The topological polar surface area (TPSA) is 24.9 Å². The SMILES string of the molecule is c1ccc(-c2cccc(N3c4cc(-c5ccccc5)c(-c5ccccc5)cc4O[Si]34Oc3cc(-c5ccccc5)c(-c5ccccc5)cc3N4c3cccc(-c4ccccc4)c3)c2)cc1. The van der Waals surface area contributed by atoms with Gasteiger partial charge in [0.05, 0.1) is 11.4 Å². The van der Waals surface area contributed by atoms with Crippen LogP contribution in [0.5, 0.6) is 11.5 Å². The third kappa shape index (κ3) is 6.78. The zero-order valence-corrected chi connectivity index (χ0v) is 36.5. The van der Waals surface area contributed by atoms with Crippen LogP contribution < -0.4 is 18.0 Å². The summed E-state index contributed by atoms with van der Waals surface area (Å²) in [6, 6.07) is 90.5. The lowest BCUT2D eigenvalue weighted by Crippen LogP contribution is -2.67. The van der Waals surface area contributed by atoms with E-state index in [2.05, 4.69) is 264 Å². The van der Waals surface area contributed by atoms with Crippen molar-refractivity contribution in [2.45, 2.75) is 0 Å². The van der Waals surface area contributed by atoms with Crippen LogP contribution in [0, 0.1) is 0 Å². The van der Waals surface area contributed by atoms with Crippen LogP contribution in [0.3, 0.4) is 0 Å². The monoisotopic (exact) mass is 850 g/mol. The van der Waals surface area contributed by atoms with Crippen LogP contribution in [-0.2, 0) is 0 Å². The van der Waals surface area contributed by atoms with E-state index in [1.165, 1.54) is 0 Å². The van der Waals surface area contributed by atoms with Gasteiger partial charge in [-0.15, -0.1) is 0 Å². The van der Waals surface area contributed by atoms with E-state index in [1.54, 1.807) is 0 Å². The third-order valence-electron chi connectivity index (χ3n) is 12.5. The standard InChI is InChI=1S/C60H42N2O2Si/c1-7-21-43(22-8-1)49-33-19-35-51(37-49)61-57-39-53(45-25-11-3-12-26-45)55(47-29-15-5-16-30-47)41-59(57)63-65(61)62(52-36-20-34-50(38-52)44-23-9-2-10-24-44)58-40-54(46-27-13-4-14-28-46)56(42-60(58)64-65)48-31-17-6-18-32-48/h1-42H. The molecule has 0 radical (unpaired) electrons. The molecule has 2 heterocycles. The van der Waals surface area contributed by atoms with Gasteiger partial charge in [0.2, 0.25) is 0 Å². The van der Waals surface area contributed by atoms with Crippen LogP contribution >= 0.6 is 0 Å². The molecule has 0 aliphatic carbocycles. The Labute approximate surface area is 380 Å². The van der Waals surface area contributed by atoms with Gasteiger partial charge >= 0.3 is 8.88 Å². The van der Waals surface area contributed by atoms with E-state index in [1.807, 2.05) is 0 Å². The molecule has 5 heteroatoms. The van der Waals surface area contributed by atoms with Gasteiger partial charge in [-0.1, -0.05) is 206 Å². The summed E-state index contributed by atoms with van der Waals surface area (Å²) in [6.07, 6.45) is 0. The first-order valence-electron chi connectivity index (χ1n) is 22.1. The van der Waals surface area contributed by atoms with E-state index < -0.39 is 8.88 Å². The van der Waals surface area contributed by atoms with E-state index in [4.69, 9.17) is 8.85 Å². The van der Waals surface area contributed by atoms with Gasteiger partial charge in [0.15, 0.2) is 0 Å². The van der Waals surface area contributed by atoms with Crippen molar-refractivity contribution >= 4 is 31.6 Å². The fourth-order valence-electron chi connectivity index (χ4n) is 9.49. The lowest BCUT2D eigenvalue weighted by Gasteiger charge is -2.36. The van der Waals surface area contributed by atoms with Crippen LogP contribution in [0.4, 0.5) is 22.7 Å². The molecule has 0 bridgehead atoms. The van der Waals surface area contributed by atoms with Gasteiger partial charge in [0, 0.05) is 11.4 Å². The van der Waals surface area contributed by atoms with Gasteiger partial charge in [0.1, 0.15) is 11.5 Å². The Bertz CT molecular complexity index is 3090. The highest BCUT2D eigenvalue weighted by Gasteiger charge is 2.68. The van der Waals surface area contributed by atoms with Crippen molar-refractivity contribution < 1.29 is 8.85 Å². The first-order chi connectivity index (χ1) is 32.2. The number of nitrogens with zero attached hydrogens (tertiary/aromatic N) is 2. The molecule has 2 aliphatic heterocycles. The summed E-state index contributed by atoms with van der Waals surface area (Å²) in [6.45, 7) is 0. The minimum Gasteiger partial charge on any atom is -0.478 e. The number of anilines is 4. The molecule has 0 unspecified atom stereocenters. The van der Waals surface area contributed by atoms with E-state index >= 15 is 0 Å². The third-order valence-corrected chi connectivity index (χ3v) is 15.6. The molecule has 4 nitrogen and oxygen atoms in total. The van der Waals surface area contributed by atoms with Crippen molar-refractivity contribution in [1.82, 2.24) is 0 Å². The normalized spacial score (nSPS) is 13.2. The van der Waals surface area contributed by atoms with Crippen LogP contribution in [0.25, 0.3) is 66.8 Å². The van der Waals surface area contributed by atoms with Crippen LogP contribution in [0.1, 0.15) is 0 Å². The lowest BCUT2D eigenvalue weighted by molar-refractivity contribution is 0.414. The second-order valence-corrected chi connectivity index (χ2v) is 18.9. The fraction of sp³-hybridized carbons (Fsp3) is 0. The lowest BCUT2D eigenvalue weighted by atomic mass is 9.93. The minimum atomic E-state index is -3.90.